The standard InChI is InChI=1S/C15H31N/c1-12(2)10-11-16-14-9-7-6-8-13(14)15(3,4)5/h12-14,16H,6-11H2,1-5H3. The predicted molar refractivity (Wildman–Crippen MR) is 72.7 cm³/mol. The van der Waals surface area contributed by atoms with E-state index in [9.17, 15) is 0 Å². The van der Waals surface area contributed by atoms with Crippen molar-refractivity contribution in [2.24, 2.45) is 17.3 Å². The Morgan fingerprint density at radius 1 is 1.12 bits per heavy atom. The van der Waals surface area contributed by atoms with E-state index in [1.807, 2.05) is 0 Å². The Morgan fingerprint density at radius 3 is 2.31 bits per heavy atom. The van der Waals surface area contributed by atoms with Crippen LogP contribution in [-0.4, -0.2) is 12.6 Å². The molecule has 1 fully saturated rings. The Balaban J connectivity index is 2.41. The second-order valence-corrected chi connectivity index (χ2v) is 7.00. The smallest absolute Gasteiger partial charge is 0.0100 e. The Kier molecular flexibility index (Phi) is 5.30. The summed E-state index contributed by atoms with van der Waals surface area (Å²) in [6.07, 6.45) is 6.98. The van der Waals surface area contributed by atoms with E-state index in [1.165, 1.54) is 38.6 Å². The summed E-state index contributed by atoms with van der Waals surface area (Å²) >= 11 is 0. The third-order valence-corrected chi connectivity index (χ3v) is 4.01. The zero-order valence-electron chi connectivity index (χ0n) is 12.0. The van der Waals surface area contributed by atoms with E-state index in [0.717, 1.165) is 17.9 Å². The maximum Gasteiger partial charge on any atom is 0.0100 e. The Hall–Kier alpha value is -0.0400. The van der Waals surface area contributed by atoms with Gasteiger partial charge in [0.05, 0.1) is 0 Å². The highest BCUT2D eigenvalue weighted by atomic mass is 14.9. The van der Waals surface area contributed by atoms with Gasteiger partial charge in [-0.3, -0.25) is 0 Å². The van der Waals surface area contributed by atoms with Gasteiger partial charge in [-0.1, -0.05) is 47.5 Å². The molecule has 96 valence electrons. The van der Waals surface area contributed by atoms with Crippen molar-refractivity contribution in [3.63, 3.8) is 0 Å². The molecule has 16 heavy (non-hydrogen) atoms. The van der Waals surface area contributed by atoms with E-state index >= 15 is 0 Å². The molecule has 1 heteroatoms. The van der Waals surface area contributed by atoms with E-state index in [1.54, 1.807) is 0 Å². The third kappa shape index (κ3) is 4.45. The van der Waals surface area contributed by atoms with Crippen molar-refractivity contribution >= 4 is 0 Å². The molecular formula is C15H31N. The van der Waals surface area contributed by atoms with Crippen molar-refractivity contribution in [3.05, 3.63) is 0 Å². The van der Waals surface area contributed by atoms with Crippen LogP contribution < -0.4 is 5.32 Å². The Morgan fingerprint density at radius 2 is 1.75 bits per heavy atom. The fourth-order valence-corrected chi connectivity index (χ4v) is 2.97. The molecule has 0 aromatic rings. The fraction of sp³-hybridized carbons (Fsp3) is 1.00. The molecule has 0 amide bonds. The minimum Gasteiger partial charge on any atom is -0.314 e. The first-order valence-electron chi connectivity index (χ1n) is 7.14. The summed E-state index contributed by atoms with van der Waals surface area (Å²) in [4.78, 5) is 0. The van der Waals surface area contributed by atoms with Gasteiger partial charge in [0.25, 0.3) is 0 Å². The molecule has 0 spiro atoms. The molecule has 2 atom stereocenters. The summed E-state index contributed by atoms with van der Waals surface area (Å²) in [7, 11) is 0. The summed E-state index contributed by atoms with van der Waals surface area (Å²) in [5, 5.41) is 3.81. The zero-order valence-corrected chi connectivity index (χ0v) is 12.0. The van der Waals surface area contributed by atoms with Crippen LogP contribution in [0.4, 0.5) is 0 Å². The topological polar surface area (TPSA) is 12.0 Å². The monoisotopic (exact) mass is 225 g/mol. The van der Waals surface area contributed by atoms with Gasteiger partial charge >= 0.3 is 0 Å². The molecule has 1 aliphatic rings. The molecule has 0 aliphatic heterocycles. The van der Waals surface area contributed by atoms with Crippen LogP contribution in [0.5, 0.6) is 0 Å². The number of rotatable bonds is 4. The summed E-state index contributed by atoms with van der Waals surface area (Å²) in [6.45, 7) is 13.0. The molecule has 0 heterocycles. The number of hydrogen-bond donors (Lipinski definition) is 1. The minimum absolute atomic E-state index is 0.468. The van der Waals surface area contributed by atoms with Crippen LogP contribution in [0.2, 0.25) is 0 Å². The van der Waals surface area contributed by atoms with Gasteiger partial charge < -0.3 is 5.32 Å². The van der Waals surface area contributed by atoms with Crippen LogP contribution in [0, 0.1) is 17.3 Å². The van der Waals surface area contributed by atoms with E-state index in [4.69, 9.17) is 0 Å². The Labute approximate surface area is 102 Å². The lowest BCUT2D eigenvalue weighted by atomic mass is 9.69. The van der Waals surface area contributed by atoms with Crippen LogP contribution in [0.25, 0.3) is 0 Å². The van der Waals surface area contributed by atoms with E-state index in [0.29, 0.717) is 5.41 Å². The third-order valence-electron chi connectivity index (χ3n) is 4.01. The van der Waals surface area contributed by atoms with Crippen molar-refractivity contribution < 1.29 is 0 Å². The summed E-state index contributed by atoms with van der Waals surface area (Å²) in [5.41, 5.74) is 0.468. The molecular weight excluding hydrogens is 194 g/mol. The number of hydrogen-bond acceptors (Lipinski definition) is 1. The summed E-state index contributed by atoms with van der Waals surface area (Å²) < 4.78 is 0. The zero-order chi connectivity index (χ0) is 12.2. The van der Waals surface area contributed by atoms with Gasteiger partial charge in [0.1, 0.15) is 0 Å². The first kappa shape index (κ1) is 14.0. The molecule has 1 rings (SSSR count). The lowest BCUT2D eigenvalue weighted by Gasteiger charge is -2.41. The first-order chi connectivity index (χ1) is 7.41. The molecule has 1 nitrogen and oxygen atoms in total. The van der Waals surface area contributed by atoms with Gasteiger partial charge in [0.15, 0.2) is 0 Å². The fourth-order valence-electron chi connectivity index (χ4n) is 2.97. The van der Waals surface area contributed by atoms with E-state index in [2.05, 4.69) is 39.9 Å². The van der Waals surface area contributed by atoms with Crippen LogP contribution in [0.3, 0.4) is 0 Å². The maximum atomic E-state index is 3.81. The van der Waals surface area contributed by atoms with Crippen LogP contribution >= 0.6 is 0 Å². The highest BCUT2D eigenvalue weighted by Crippen LogP contribution is 2.37. The molecule has 1 saturated carbocycles. The van der Waals surface area contributed by atoms with Gasteiger partial charge in [-0.25, -0.2) is 0 Å². The second kappa shape index (κ2) is 6.05. The predicted octanol–water partition coefficient (Wildman–Crippen LogP) is 4.23. The first-order valence-corrected chi connectivity index (χ1v) is 7.14. The molecule has 1 aliphatic carbocycles. The summed E-state index contributed by atoms with van der Waals surface area (Å²) in [5.74, 6) is 1.69. The molecule has 1 N–H and O–H groups in total. The van der Waals surface area contributed by atoms with Crippen LogP contribution in [0.1, 0.15) is 66.7 Å². The van der Waals surface area contributed by atoms with Crippen molar-refractivity contribution in [3.8, 4) is 0 Å². The Bertz CT molecular complexity index is 190. The minimum atomic E-state index is 0.468. The van der Waals surface area contributed by atoms with E-state index in [-0.39, 0.29) is 0 Å². The molecule has 0 bridgehead atoms. The van der Waals surface area contributed by atoms with Crippen molar-refractivity contribution in [1.82, 2.24) is 5.32 Å². The van der Waals surface area contributed by atoms with Crippen molar-refractivity contribution in [2.45, 2.75) is 72.8 Å². The average molecular weight is 225 g/mol. The number of nitrogens with one attached hydrogen (secondary N) is 1. The van der Waals surface area contributed by atoms with Gasteiger partial charge in [0, 0.05) is 6.04 Å². The SMILES string of the molecule is CC(C)CCNC1CCCCC1C(C)(C)C. The van der Waals surface area contributed by atoms with Gasteiger partial charge in [-0.15, -0.1) is 0 Å². The largest absolute Gasteiger partial charge is 0.314 e. The quantitative estimate of drug-likeness (QED) is 0.755. The lowest BCUT2D eigenvalue weighted by Crippen LogP contribution is -2.44. The highest BCUT2D eigenvalue weighted by Gasteiger charge is 2.33. The molecule has 0 aromatic heterocycles. The van der Waals surface area contributed by atoms with Gasteiger partial charge in [-0.2, -0.15) is 0 Å². The van der Waals surface area contributed by atoms with Crippen LogP contribution in [0.15, 0.2) is 0 Å². The maximum absolute atomic E-state index is 3.81. The normalized spacial score (nSPS) is 27.4. The van der Waals surface area contributed by atoms with Crippen molar-refractivity contribution in [2.75, 3.05) is 6.54 Å². The van der Waals surface area contributed by atoms with Crippen molar-refractivity contribution in [1.29, 1.82) is 0 Å². The molecule has 0 aromatic carbocycles. The van der Waals surface area contributed by atoms with Gasteiger partial charge in [0.2, 0.25) is 0 Å². The molecule has 2 unspecified atom stereocenters. The van der Waals surface area contributed by atoms with Crippen LogP contribution in [-0.2, 0) is 0 Å². The summed E-state index contributed by atoms with van der Waals surface area (Å²) in [6, 6.07) is 0.771. The molecule has 0 radical (unpaired) electrons. The van der Waals surface area contributed by atoms with E-state index < -0.39 is 0 Å². The second-order valence-electron chi connectivity index (χ2n) is 7.00. The van der Waals surface area contributed by atoms with Gasteiger partial charge in [-0.05, 0) is 43.1 Å². The average Bonchev–Trinajstić information content (AvgIpc) is 2.16. The molecule has 0 saturated heterocycles. The lowest BCUT2D eigenvalue weighted by molar-refractivity contribution is 0.130. The highest BCUT2D eigenvalue weighted by molar-refractivity contribution is 4.88.